The van der Waals surface area contributed by atoms with Gasteiger partial charge in [-0.25, -0.2) is 0 Å². The highest BCUT2D eigenvalue weighted by molar-refractivity contribution is 9.10. The molecular formula is C14H14BrNO2. The molecule has 0 aliphatic rings. The van der Waals surface area contributed by atoms with Crippen LogP contribution in [0, 0.1) is 0 Å². The standard InChI is InChI=1S/C14H14BrNO2/c1-14(2,9-3-5-10(16)6-4-9)13(17)12-11(15)7-8-18-12/h3-8H,16H2,1-2H3. The predicted molar refractivity (Wildman–Crippen MR) is 74.6 cm³/mol. The molecule has 4 heteroatoms. The van der Waals surface area contributed by atoms with Crippen LogP contribution in [0.25, 0.3) is 0 Å². The molecule has 0 amide bonds. The van der Waals surface area contributed by atoms with Gasteiger partial charge in [-0.2, -0.15) is 0 Å². The molecule has 2 rings (SSSR count). The lowest BCUT2D eigenvalue weighted by molar-refractivity contribution is 0.0879. The monoisotopic (exact) mass is 307 g/mol. The molecule has 1 aromatic carbocycles. The van der Waals surface area contributed by atoms with E-state index < -0.39 is 5.41 Å². The number of anilines is 1. The Morgan fingerprint density at radius 2 is 1.83 bits per heavy atom. The summed E-state index contributed by atoms with van der Waals surface area (Å²) in [6.07, 6.45) is 1.50. The van der Waals surface area contributed by atoms with Crippen molar-refractivity contribution in [2.24, 2.45) is 0 Å². The molecular weight excluding hydrogens is 294 g/mol. The first-order valence-corrected chi connectivity index (χ1v) is 6.36. The van der Waals surface area contributed by atoms with Crippen LogP contribution in [0.5, 0.6) is 0 Å². The summed E-state index contributed by atoms with van der Waals surface area (Å²) in [5.74, 6) is 0.279. The van der Waals surface area contributed by atoms with Crippen LogP contribution in [0.2, 0.25) is 0 Å². The van der Waals surface area contributed by atoms with Crippen molar-refractivity contribution in [1.29, 1.82) is 0 Å². The van der Waals surface area contributed by atoms with E-state index in [1.807, 2.05) is 26.0 Å². The molecule has 0 bridgehead atoms. The molecule has 0 radical (unpaired) electrons. The molecule has 18 heavy (non-hydrogen) atoms. The number of nitrogen functional groups attached to an aromatic ring is 1. The van der Waals surface area contributed by atoms with Crippen LogP contribution in [-0.2, 0) is 5.41 Å². The molecule has 1 aromatic heterocycles. The van der Waals surface area contributed by atoms with E-state index in [9.17, 15) is 4.79 Å². The van der Waals surface area contributed by atoms with E-state index in [1.165, 1.54) is 6.26 Å². The second kappa shape index (κ2) is 4.61. The number of hydrogen-bond acceptors (Lipinski definition) is 3. The number of rotatable bonds is 3. The lowest BCUT2D eigenvalue weighted by Crippen LogP contribution is -2.29. The van der Waals surface area contributed by atoms with E-state index in [-0.39, 0.29) is 5.78 Å². The third-order valence-electron chi connectivity index (χ3n) is 3.02. The van der Waals surface area contributed by atoms with Crippen molar-refractivity contribution in [2.45, 2.75) is 19.3 Å². The van der Waals surface area contributed by atoms with Gasteiger partial charge in [0.25, 0.3) is 0 Å². The highest BCUT2D eigenvalue weighted by atomic mass is 79.9. The molecule has 0 saturated heterocycles. The van der Waals surface area contributed by atoms with Gasteiger partial charge in [-0.3, -0.25) is 4.79 Å². The molecule has 94 valence electrons. The number of Topliss-reactive ketones (excluding diaryl/α,β-unsaturated/α-hetero) is 1. The number of benzene rings is 1. The lowest BCUT2D eigenvalue weighted by Gasteiger charge is -2.22. The van der Waals surface area contributed by atoms with Crippen molar-refractivity contribution in [3.05, 3.63) is 52.4 Å². The van der Waals surface area contributed by atoms with Crippen LogP contribution >= 0.6 is 15.9 Å². The quantitative estimate of drug-likeness (QED) is 0.693. The van der Waals surface area contributed by atoms with Gasteiger partial charge >= 0.3 is 0 Å². The van der Waals surface area contributed by atoms with Crippen LogP contribution in [0.1, 0.15) is 30.0 Å². The van der Waals surface area contributed by atoms with Crippen molar-refractivity contribution in [2.75, 3.05) is 5.73 Å². The second-order valence-electron chi connectivity index (χ2n) is 4.67. The second-order valence-corrected chi connectivity index (χ2v) is 5.53. The average Bonchev–Trinajstić information content (AvgIpc) is 2.75. The topological polar surface area (TPSA) is 56.2 Å². The summed E-state index contributed by atoms with van der Waals surface area (Å²) in [7, 11) is 0. The van der Waals surface area contributed by atoms with Crippen molar-refractivity contribution in [1.82, 2.24) is 0 Å². The molecule has 2 aromatic rings. The number of carbonyl (C=O) groups excluding carboxylic acids is 1. The lowest BCUT2D eigenvalue weighted by atomic mass is 9.79. The number of halogens is 1. The van der Waals surface area contributed by atoms with Crippen LogP contribution < -0.4 is 5.73 Å². The van der Waals surface area contributed by atoms with Crippen LogP contribution in [0.4, 0.5) is 5.69 Å². The van der Waals surface area contributed by atoms with Gasteiger partial charge in [0.15, 0.2) is 5.76 Å². The fraction of sp³-hybridized carbons (Fsp3) is 0.214. The maximum atomic E-state index is 12.5. The van der Waals surface area contributed by atoms with E-state index in [1.54, 1.807) is 18.2 Å². The summed E-state index contributed by atoms with van der Waals surface area (Å²) in [5, 5.41) is 0. The van der Waals surface area contributed by atoms with E-state index in [0.717, 1.165) is 5.56 Å². The summed E-state index contributed by atoms with van der Waals surface area (Å²) in [6.45, 7) is 3.74. The fourth-order valence-electron chi connectivity index (χ4n) is 1.77. The smallest absolute Gasteiger partial charge is 0.209 e. The van der Waals surface area contributed by atoms with Crippen LogP contribution in [-0.4, -0.2) is 5.78 Å². The minimum absolute atomic E-state index is 0.0656. The van der Waals surface area contributed by atoms with Gasteiger partial charge in [0.05, 0.1) is 16.2 Å². The number of ketones is 1. The molecule has 0 fully saturated rings. The average molecular weight is 308 g/mol. The Kier molecular flexibility index (Phi) is 3.30. The Balaban J connectivity index is 2.39. The fourth-order valence-corrected chi connectivity index (χ4v) is 2.15. The summed E-state index contributed by atoms with van der Waals surface area (Å²) in [5.41, 5.74) is 6.58. The van der Waals surface area contributed by atoms with Gasteiger partial charge in [0, 0.05) is 5.69 Å². The highest BCUT2D eigenvalue weighted by Gasteiger charge is 2.33. The van der Waals surface area contributed by atoms with Crippen molar-refractivity contribution < 1.29 is 9.21 Å². The Bertz CT molecular complexity index is 570. The number of furan rings is 1. The third kappa shape index (κ3) is 2.20. The summed E-state index contributed by atoms with van der Waals surface area (Å²) in [4.78, 5) is 12.5. The number of nitrogens with two attached hydrogens (primary N) is 1. The van der Waals surface area contributed by atoms with E-state index in [0.29, 0.717) is 15.9 Å². The van der Waals surface area contributed by atoms with Crippen molar-refractivity contribution in [3.8, 4) is 0 Å². The summed E-state index contributed by atoms with van der Waals surface area (Å²) in [6, 6.07) is 9.03. The van der Waals surface area contributed by atoms with E-state index in [4.69, 9.17) is 10.2 Å². The molecule has 0 saturated carbocycles. The zero-order valence-corrected chi connectivity index (χ0v) is 11.8. The Morgan fingerprint density at radius 1 is 1.22 bits per heavy atom. The molecule has 0 aliphatic carbocycles. The molecule has 0 spiro atoms. The molecule has 0 aliphatic heterocycles. The minimum atomic E-state index is -0.659. The van der Waals surface area contributed by atoms with Crippen molar-refractivity contribution >= 4 is 27.4 Å². The van der Waals surface area contributed by atoms with Gasteiger partial charge < -0.3 is 10.2 Å². The van der Waals surface area contributed by atoms with Gasteiger partial charge in [-0.15, -0.1) is 0 Å². The van der Waals surface area contributed by atoms with E-state index in [2.05, 4.69) is 15.9 Å². The van der Waals surface area contributed by atoms with Crippen molar-refractivity contribution in [3.63, 3.8) is 0 Å². The SMILES string of the molecule is CC(C)(C(=O)c1occc1Br)c1ccc(N)cc1. The first-order chi connectivity index (χ1) is 8.43. The van der Waals surface area contributed by atoms with Gasteiger partial charge in [0.2, 0.25) is 5.78 Å². The first kappa shape index (κ1) is 12.9. The first-order valence-electron chi connectivity index (χ1n) is 5.56. The number of carbonyl (C=O) groups is 1. The zero-order valence-electron chi connectivity index (χ0n) is 10.2. The summed E-state index contributed by atoms with van der Waals surface area (Å²) >= 11 is 3.31. The molecule has 3 nitrogen and oxygen atoms in total. The van der Waals surface area contributed by atoms with Crippen LogP contribution in [0.15, 0.2) is 45.5 Å². The third-order valence-corrected chi connectivity index (χ3v) is 3.65. The van der Waals surface area contributed by atoms with Gasteiger partial charge in [-0.05, 0) is 53.5 Å². The summed E-state index contributed by atoms with van der Waals surface area (Å²) < 4.78 is 5.91. The van der Waals surface area contributed by atoms with Gasteiger partial charge in [-0.1, -0.05) is 12.1 Å². The zero-order chi connectivity index (χ0) is 13.3. The minimum Gasteiger partial charge on any atom is -0.460 e. The van der Waals surface area contributed by atoms with Crippen LogP contribution in [0.3, 0.4) is 0 Å². The molecule has 0 unspecified atom stereocenters. The molecule has 2 N–H and O–H groups in total. The normalized spacial score (nSPS) is 11.5. The molecule has 0 atom stereocenters. The van der Waals surface area contributed by atoms with E-state index >= 15 is 0 Å². The maximum Gasteiger partial charge on any atom is 0.209 e. The Labute approximate surface area is 114 Å². The molecule has 1 heterocycles. The largest absolute Gasteiger partial charge is 0.460 e. The Hall–Kier alpha value is -1.55. The highest BCUT2D eigenvalue weighted by Crippen LogP contribution is 2.31. The van der Waals surface area contributed by atoms with Gasteiger partial charge in [0.1, 0.15) is 0 Å². The predicted octanol–water partition coefficient (Wildman–Crippen LogP) is 3.78. The Morgan fingerprint density at radius 3 is 2.33 bits per heavy atom. The number of hydrogen-bond donors (Lipinski definition) is 1. The maximum absolute atomic E-state index is 12.5.